The van der Waals surface area contributed by atoms with Crippen LogP contribution in [0.1, 0.15) is 43.3 Å². The number of amides is 4. The predicted molar refractivity (Wildman–Crippen MR) is 108 cm³/mol. The fourth-order valence-electron chi connectivity index (χ4n) is 3.34. The molecule has 0 bridgehead atoms. The van der Waals surface area contributed by atoms with E-state index in [0.717, 1.165) is 27.5 Å². The van der Waals surface area contributed by atoms with Gasteiger partial charge >= 0.3 is 6.03 Å². The number of urea groups is 1. The first-order valence-electron chi connectivity index (χ1n) is 9.15. The van der Waals surface area contributed by atoms with Crippen LogP contribution in [0.2, 0.25) is 0 Å². The Kier molecular flexibility index (Phi) is 4.75. The molecule has 1 aliphatic heterocycles. The second kappa shape index (κ2) is 6.78. The fourth-order valence-corrected chi connectivity index (χ4v) is 3.34. The van der Waals surface area contributed by atoms with Crippen molar-refractivity contribution in [3.8, 4) is 5.69 Å². The zero-order valence-corrected chi connectivity index (χ0v) is 17.1. The van der Waals surface area contributed by atoms with Crippen molar-refractivity contribution in [3.63, 3.8) is 0 Å². The minimum absolute atomic E-state index is 0.0505. The second-order valence-electron chi connectivity index (χ2n) is 8.14. The number of imide groups is 2. The molecule has 0 atom stereocenters. The second-order valence-corrected chi connectivity index (χ2v) is 8.14. The number of barbiturate groups is 1. The first kappa shape index (κ1) is 19.6. The third kappa shape index (κ3) is 3.38. The number of hydrogen-bond acceptors (Lipinski definition) is 3. The van der Waals surface area contributed by atoms with E-state index in [2.05, 4.69) is 54.9 Å². The van der Waals surface area contributed by atoms with Crippen LogP contribution >= 0.6 is 0 Å². The van der Waals surface area contributed by atoms with E-state index in [4.69, 9.17) is 0 Å². The summed E-state index contributed by atoms with van der Waals surface area (Å²) in [5.41, 5.74) is 4.95. The number of likely N-dealkylation sites (N-methyl/N-ethyl adjacent to an activating group) is 1. The topological polar surface area (TPSA) is 71.4 Å². The van der Waals surface area contributed by atoms with Crippen LogP contribution in [-0.2, 0) is 15.0 Å². The van der Waals surface area contributed by atoms with Crippen molar-refractivity contribution in [3.05, 3.63) is 58.4 Å². The third-order valence-electron chi connectivity index (χ3n) is 5.07. The van der Waals surface area contributed by atoms with E-state index >= 15 is 0 Å². The fraction of sp³-hybridized carbons (Fsp3) is 0.318. The molecule has 4 amide bonds. The first-order chi connectivity index (χ1) is 13.0. The molecule has 1 saturated heterocycles. The number of hydrogen-bond donors (Lipinski definition) is 1. The minimum Gasteiger partial charge on any atom is -0.318 e. The van der Waals surface area contributed by atoms with Crippen LogP contribution in [0.15, 0.2) is 35.9 Å². The number of aryl methyl sites for hydroxylation is 1. The van der Waals surface area contributed by atoms with Crippen LogP contribution in [0.4, 0.5) is 4.79 Å². The van der Waals surface area contributed by atoms with Gasteiger partial charge in [-0.05, 0) is 54.7 Å². The van der Waals surface area contributed by atoms with Gasteiger partial charge < -0.3 is 4.57 Å². The summed E-state index contributed by atoms with van der Waals surface area (Å²) in [4.78, 5) is 36.9. The predicted octanol–water partition coefficient (Wildman–Crippen LogP) is 3.48. The van der Waals surface area contributed by atoms with E-state index in [1.165, 1.54) is 12.6 Å². The smallest absolute Gasteiger partial charge is 0.318 e. The van der Waals surface area contributed by atoms with E-state index in [-0.39, 0.29) is 11.0 Å². The van der Waals surface area contributed by atoms with Gasteiger partial charge in [-0.3, -0.25) is 19.8 Å². The molecule has 1 aliphatic rings. The van der Waals surface area contributed by atoms with Gasteiger partial charge in [-0.2, -0.15) is 0 Å². The van der Waals surface area contributed by atoms with Crippen molar-refractivity contribution in [2.45, 2.75) is 40.0 Å². The molecule has 2 heterocycles. The van der Waals surface area contributed by atoms with Crippen LogP contribution in [0.5, 0.6) is 0 Å². The summed E-state index contributed by atoms with van der Waals surface area (Å²) >= 11 is 0. The largest absolute Gasteiger partial charge is 0.331 e. The Morgan fingerprint density at radius 1 is 1.00 bits per heavy atom. The molecular formula is C22H25N3O3. The Hall–Kier alpha value is -3.15. The van der Waals surface area contributed by atoms with E-state index in [0.29, 0.717) is 0 Å². The molecule has 0 spiro atoms. The number of aromatic nitrogens is 1. The molecule has 0 unspecified atom stereocenters. The molecule has 6 heteroatoms. The van der Waals surface area contributed by atoms with Crippen molar-refractivity contribution in [2.75, 3.05) is 7.05 Å². The maximum Gasteiger partial charge on any atom is 0.331 e. The van der Waals surface area contributed by atoms with Crippen LogP contribution in [0.3, 0.4) is 0 Å². The van der Waals surface area contributed by atoms with E-state index in [1.807, 2.05) is 19.9 Å². The number of benzene rings is 1. The summed E-state index contributed by atoms with van der Waals surface area (Å²) in [5, 5.41) is 2.17. The van der Waals surface area contributed by atoms with Crippen LogP contribution in [0.25, 0.3) is 11.8 Å². The monoisotopic (exact) mass is 379 g/mol. The van der Waals surface area contributed by atoms with Gasteiger partial charge in [-0.15, -0.1) is 0 Å². The average Bonchev–Trinajstić information content (AvgIpc) is 2.89. The lowest BCUT2D eigenvalue weighted by atomic mass is 9.87. The number of nitrogens with zero attached hydrogens (tertiary/aromatic N) is 2. The molecule has 2 aromatic rings. The van der Waals surface area contributed by atoms with Gasteiger partial charge in [0.2, 0.25) is 0 Å². The van der Waals surface area contributed by atoms with E-state index in [1.54, 1.807) is 6.08 Å². The zero-order chi connectivity index (χ0) is 20.8. The van der Waals surface area contributed by atoms with Gasteiger partial charge in [0.25, 0.3) is 11.8 Å². The normalized spacial score (nSPS) is 16.7. The van der Waals surface area contributed by atoms with Crippen molar-refractivity contribution in [1.82, 2.24) is 14.8 Å². The Morgan fingerprint density at radius 2 is 1.61 bits per heavy atom. The highest BCUT2D eigenvalue weighted by molar-refractivity contribution is 6.30. The summed E-state index contributed by atoms with van der Waals surface area (Å²) < 4.78 is 2.08. The van der Waals surface area contributed by atoms with Crippen LogP contribution in [0, 0.1) is 13.8 Å². The SMILES string of the molecule is Cc1cc(/C=C2/C(=O)NC(=O)N(C)C2=O)c(C)n1-c1ccc(C(C)(C)C)cc1. The van der Waals surface area contributed by atoms with Gasteiger partial charge in [-0.1, -0.05) is 32.9 Å². The van der Waals surface area contributed by atoms with Crippen molar-refractivity contribution in [2.24, 2.45) is 0 Å². The summed E-state index contributed by atoms with van der Waals surface area (Å²) in [6.07, 6.45) is 1.54. The van der Waals surface area contributed by atoms with Crippen LogP contribution in [-0.4, -0.2) is 34.4 Å². The molecule has 28 heavy (non-hydrogen) atoms. The standard InChI is InChI=1S/C22H25N3O3/c1-13-11-15(12-18-19(26)23-21(28)24(6)20(18)27)14(2)25(13)17-9-7-16(8-10-17)22(3,4)5/h7-12H,1-6H3,(H,23,26,28)/b18-12-. The Morgan fingerprint density at radius 3 is 2.18 bits per heavy atom. The lowest BCUT2D eigenvalue weighted by Gasteiger charge is -2.22. The lowest BCUT2D eigenvalue weighted by molar-refractivity contribution is -0.129. The lowest BCUT2D eigenvalue weighted by Crippen LogP contribution is -2.52. The number of rotatable bonds is 2. The van der Waals surface area contributed by atoms with Gasteiger partial charge in [-0.25, -0.2) is 4.79 Å². The van der Waals surface area contributed by atoms with Gasteiger partial charge in [0, 0.05) is 24.1 Å². The summed E-state index contributed by atoms with van der Waals surface area (Å²) in [6.45, 7) is 10.4. The Bertz CT molecular complexity index is 1000. The zero-order valence-electron chi connectivity index (χ0n) is 17.1. The van der Waals surface area contributed by atoms with Gasteiger partial charge in [0.05, 0.1) is 0 Å². The molecule has 3 rings (SSSR count). The van der Waals surface area contributed by atoms with E-state index < -0.39 is 17.8 Å². The Balaban J connectivity index is 2.02. The number of carbonyl (C=O) groups excluding carboxylic acids is 3. The number of carbonyl (C=O) groups is 3. The van der Waals surface area contributed by atoms with Crippen molar-refractivity contribution >= 4 is 23.9 Å². The number of nitrogens with one attached hydrogen (secondary N) is 1. The Labute approximate surface area is 164 Å². The summed E-state index contributed by atoms with van der Waals surface area (Å²) in [5.74, 6) is -1.28. The van der Waals surface area contributed by atoms with Crippen molar-refractivity contribution < 1.29 is 14.4 Å². The van der Waals surface area contributed by atoms with Gasteiger partial charge in [0.15, 0.2) is 0 Å². The average molecular weight is 379 g/mol. The molecule has 1 N–H and O–H groups in total. The molecule has 1 aromatic carbocycles. The molecule has 6 nitrogen and oxygen atoms in total. The molecule has 1 aromatic heterocycles. The van der Waals surface area contributed by atoms with Gasteiger partial charge in [0.1, 0.15) is 5.57 Å². The third-order valence-corrected chi connectivity index (χ3v) is 5.07. The maximum absolute atomic E-state index is 12.3. The molecule has 1 fully saturated rings. The van der Waals surface area contributed by atoms with Crippen LogP contribution < -0.4 is 5.32 Å². The summed E-state index contributed by atoms with van der Waals surface area (Å²) in [7, 11) is 1.35. The highest BCUT2D eigenvalue weighted by Gasteiger charge is 2.33. The molecule has 0 radical (unpaired) electrons. The summed E-state index contributed by atoms with van der Waals surface area (Å²) in [6, 6.07) is 9.59. The molecule has 0 aliphatic carbocycles. The van der Waals surface area contributed by atoms with Crippen molar-refractivity contribution in [1.29, 1.82) is 0 Å². The highest BCUT2D eigenvalue weighted by atomic mass is 16.2. The minimum atomic E-state index is -0.712. The quantitative estimate of drug-likeness (QED) is 0.641. The molecular weight excluding hydrogens is 354 g/mol. The maximum atomic E-state index is 12.3. The first-order valence-corrected chi connectivity index (χ1v) is 9.15. The highest BCUT2D eigenvalue weighted by Crippen LogP contribution is 2.27. The molecule has 0 saturated carbocycles. The molecule has 146 valence electrons. The van der Waals surface area contributed by atoms with E-state index in [9.17, 15) is 14.4 Å².